The van der Waals surface area contributed by atoms with Crippen molar-refractivity contribution in [1.29, 1.82) is 0 Å². The Balaban J connectivity index is 2.37. The van der Waals surface area contributed by atoms with E-state index in [9.17, 15) is 4.79 Å². The summed E-state index contributed by atoms with van der Waals surface area (Å²) in [5.41, 5.74) is 3.35. The molecule has 0 fully saturated rings. The minimum Gasteiger partial charge on any atom is -0.425 e. The van der Waals surface area contributed by atoms with Gasteiger partial charge in [0.15, 0.2) is 0 Å². The quantitative estimate of drug-likeness (QED) is 0.569. The zero-order valence-corrected chi connectivity index (χ0v) is 13.9. The summed E-state index contributed by atoms with van der Waals surface area (Å²) in [7, 11) is 0. The molecule has 2 aromatic carbocycles. The molecule has 1 heterocycles. The number of fused-ring (bicyclic) bond motifs is 1. The van der Waals surface area contributed by atoms with Crippen LogP contribution in [0, 0.1) is 19.3 Å². The molecule has 1 unspecified atom stereocenters. The van der Waals surface area contributed by atoms with Crippen molar-refractivity contribution in [1.82, 2.24) is 0 Å². The molecule has 2 aromatic rings. The highest BCUT2D eigenvalue weighted by Gasteiger charge is 2.57. The van der Waals surface area contributed by atoms with Crippen molar-refractivity contribution in [3.8, 4) is 5.75 Å². The van der Waals surface area contributed by atoms with Crippen molar-refractivity contribution in [2.45, 2.75) is 40.0 Å². The van der Waals surface area contributed by atoms with Gasteiger partial charge >= 0.3 is 5.97 Å². The first-order chi connectivity index (χ1) is 10.3. The summed E-state index contributed by atoms with van der Waals surface area (Å²) in [6, 6.07) is 14.1. The van der Waals surface area contributed by atoms with Crippen molar-refractivity contribution in [2.75, 3.05) is 0 Å². The summed E-state index contributed by atoms with van der Waals surface area (Å²) < 4.78 is 5.63. The Bertz CT molecular complexity index is 753. The average molecular weight is 294 g/mol. The van der Waals surface area contributed by atoms with Crippen LogP contribution in [-0.2, 0) is 10.2 Å². The van der Waals surface area contributed by atoms with Gasteiger partial charge in [0, 0.05) is 5.56 Å². The Kier molecular flexibility index (Phi) is 3.17. The number of aryl methyl sites for hydroxylation is 2. The molecule has 0 saturated carbocycles. The summed E-state index contributed by atoms with van der Waals surface area (Å²) >= 11 is 0. The molecule has 22 heavy (non-hydrogen) atoms. The number of para-hydroxylation sites is 1. The number of rotatable bonds is 1. The van der Waals surface area contributed by atoms with Gasteiger partial charge in [0.05, 0.1) is 0 Å². The molecule has 2 heteroatoms. The predicted molar refractivity (Wildman–Crippen MR) is 88.2 cm³/mol. The Morgan fingerprint density at radius 2 is 1.64 bits per heavy atom. The third kappa shape index (κ3) is 1.83. The Morgan fingerprint density at radius 3 is 2.27 bits per heavy atom. The zero-order chi connectivity index (χ0) is 16.1. The largest absolute Gasteiger partial charge is 0.425 e. The van der Waals surface area contributed by atoms with Crippen molar-refractivity contribution in [3.63, 3.8) is 0 Å². The average Bonchev–Trinajstić information content (AvgIpc) is 2.74. The molecule has 0 amide bonds. The molecule has 0 spiro atoms. The van der Waals surface area contributed by atoms with Crippen LogP contribution in [0.3, 0.4) is 0 Å². The fourth-order valence-electron chi connectivity index (χ4n) is 3.54. The fourth-order valence-corrected chi connectivity index (χ4v) is 3.54. The monoisotopic (exact) mass is 294 g/mol. The van der Waals surface area contributed by atoms with Crippen LogP contribution in [0.1, 0.15) is 43.0 Å². The molecule has 1 atom stereocenters. The van der Waals surface area contributed by atoms with Crippen molar-refractivity contribution in [2.24, 2.45) is 5.41 Å². The van der Waals surface area contributed by atoms with E-state index >= 15 is 0 Å². The van der Waals surface area contributed by atoms with Crippen LogP contribution in [0.15, 0.2) is 42.5 Å². The molecule has 0 bridgehead atoms. The van der Waals surface area contributed by atoms with Crippen molar-refractivity contribution >= 4 is 5.97 Å². The maximum atomic E-state index is 13.0. The molecule has 1 aliphatic heterocycles. The number of carbonyl (C=O) groups excluding carboxylic acids is 1. The van der Waals surface area contributed by atoms with Gasteiger partial charge in [-0.1, -0.05) is 57.2 Å². The summed E-state index contributed by atoms with van der Waals surface area (Å²) in [6.45, 7) is 10.5. The molecule has 3 rings (SSSR count). The normalized spacial score (nSPS) is 20.7. The minimum absolute atomic E-state index is 0.176. The number of carbonyl (C=O) groups is 1. The molecule has 0 N–H and O–H groups in total. The first-order valence-electron chi connectivity index (χ1n) is 7.68. The van der Waals surface area contributed by atoms with Gasteiger partial charge in [-0.15, -0.1) is 0 Å². The molecular formula is C20H22O2. The predicted octanol–water partition coefficient (Wildman–Crippen LogP) is 4.55. The second-order valence-corrected chi connectivity index (χ2v) is 7.18. The summed E-state index contributed by atoms with van der Waals surface area (Å²) in [6.07, 6.45) is 0. The van der Waals surface area contributed by atoms with Crippen LogP contribution >= 0.6 is 0 Å². The third-order valence-corrected chi connectivity index (χ3v) is 4.86. The van der Waals surface area contributed by atoms with Crippen LogP contribution in [0.2, 0.25) is 0 Å². The van der Waals surface area contributed by atoms with Crippen molar-refractivity contribution < 1.29 is 9.53 Å². The van der Waals surface area contributed by atoms with E-state index in [1.807, 2.05) is 24.3 Å². The van der Waals surface area contributed by atoms with E-state index in [2.05, 4.69) is 52.8 Å². The summed E-state index contributed by atoms with van der Waals surface area (Å²) in [5.74, 6) is 0.505. The van der Waals surface area contributed by atoms with Crippen LogP contribution in [-0.4, -0.2) is 5.97 Å². The van der Waals surface area contributed by atoms with Gasteiger partial charge in [0.2, 0.25) is 0 Å². The number of benzene rings is 2. The smallest absolute Gasteiger partial charge is 0.327 e. The Morgan fingerprint density at radius 1 is 0.955 bits per heavy atom. The number of hydrogen-bond donors (Lipinski definition) is 0. The lowest BCUT2D eigenvalue weighted by atomic mass is 9.59. The molecule has 0 aliphatic carbocycles. The summed E-state index contributed by atoms with van der Waals surface area (Å²) in [4.78, 5) is 13.0. The third-order valence-electron chi connectivity index (χ3n) is 4.86. The standard InChI is InChI=1S/C20H22O2/c1-13-10-11-15(12-14(13)2)20(19(3,4)5)16-8-6-7-9-17(16)22-18(20)21/h6-12H,1-5H3. The molecule has 0 aromatic heterocycles. The van der Waals surface area contributed by atoms with Gasteiger partial charge in [-0.05, 0) is 42.0 Å². The van der Waals surface area contributed by atoms with Crippen LogP contribution in [0.4, 0.5) is 0 Å². The fraction of sp³-hybridized carbons (Fsp3) is 0.350. The van der Waals surface area contributed by atoms with Gasteiger partial charge in [-0.3, -0.25) is 4.79 Å². The van der Waals surface area contributed by atoms with E-state index < -0.39 is 5.41 Å². The molecule has 114 valence electrons. The van der Waals surface area contributed by atoms with E-state index in [4.69, 9.17) is 4.74 Å². The minimum atomic E-state index is -0.762. The topological polar surface area (TPSA) is 26.3 Å². The van der Waals surface area contributed by atoms with Crippen LogP contribution < -0.4 is 4.74 Å². The van der Waals surface area contributed by atoms with Gasteiger partial charge < -0.3 is 4.74 Å². The van der Waals surface area contributed by atoms with Crippen LogP contribution in [0.5, 0.6) is 5.75 Å². The number of ether oxygens (including phenoxy) is 1. The van der Waals surface area contributed by atoms with E-state index in [1.54, 1.807) is 0 Å². The highest BCUT2D eigenvalue weighted by atomic mass is 16.5. The SMILES string of the molecule is Cc1ccc(C2(C(C)(C)C)C(=O)Oc3ccccc32)cc1C. The van der Waals surface area contributed by atoms with Gasteiger partial charge in [0.25, 0.3) is 0 Å². The highest BCUT2D eigenvalue weighted by molar-refractivity contribution is 5.95. The lowest BCUT2D eigenvalue weighted by Crippen LogP contribution is -2.46. The first-order valence-corrected chi connectivity index (χ1v) is 7.68. The van der Waals surface area contributed by atoms with Crippen LogP contribution in [0.25, 0.3) is 0 Å². The first kappa shape index (κ1) is 14.8. The number of hydrogen-bond acceptors (Lipinski definition) is 2. The maximum Gasteiger partial charge on any atom is 0.327 e. The lowest BCUT2D eigenvalue weighted by Gasteiger charge is -2.39. The maximum absolute atomic E-state index is 13.0. The van der Waals surface area contributed by atoms with Gasteiger partial charge in [-0.2, -0.15) is 0 Å². The van der Waals surface area contributed by atoms with Gasteiger partial charge in [-0.25, -0.2) is 0 Å². The molecule has 0 saturated heterocycles. The number of esters is 1. The van der Waals surface area contributed by atoms with E-state index in [1.165, 1.54) is 11.1 Å². The molecule has 2 nitrogen and oxygen atoms in total. The van der Waals surface area contributed by atoms with Crippen molar-refractivity contribution in [3.05, 3.63) is 64.7 Å². The Hall–Kier alpha value is -2.09. The summed E-state index contributed by atoms with van der Waals surface area (Å²) in [5, 5.41) is 0. The van der Waals surface area contributed by atoms with E-state index in [-0.39, 0.29) is 11.4 Å². The molecule has 0 radical (unpaired) electrons. The second kappa shape index (κ2) is 4.70. The molecular weight excluding hydrogens is 272 g/mol. The highest BCUT2D eigenvalue weighted by Crippen LogP contribution is 2.54. The van der Waals surface area contributed by atoms with Gasteiger partial charge in [0.1, 0.15) is 11.2 Å². The lowest BCUT2D eigenvalue weighted by molar-refractivity contribution is -0.140. The zero-order valence-electron chi connectivity index (χ0n) is 13.9. The van der Waals surface area contributed by atoms with E-state index in [0.717, 1.165) is 11.1 Å². The molecule has 1 aliphatic rings. The second-order valence-electron chi connectivity index (χ2n) is 7.18. The Labute approximate surface area is 132 Å². The van der Waals surface area contributed by atoms with E-state index in [0.29, 0.717) is 5.75 Å².